The van der Waals surface area contributed by atoms with Gasteiger partial charge < -0.3 is 14.7 Å². The number of benzene rings is 1. The molecular weight excluding hydrogens is 187 g/mol. The summed E-state index contributed by atoms with van der Waals surface area (Å²) in [6.07, 6.45) is 0. The summed E-state index contributed by atoms with van der Waals surface area (Å²) < 4.78 is 0. The molecular formula is C9H15O3P. The van der Waals surface area contributed by atoms with E-state index in [0.29, 0.717) is 0 Å². The predicted molar refractivity (Wildman–Crippen MR) is 54.2 cm³/mol. The summed E-state index contributed by atoms with van der Waals surface area (Å²) >= 11 is 0. The Hall–Kier alpha value is -0.470. The minimum absolute atomic E-state index is 1.38. The van der Waals surface area contributed by atoms with Gasteiger partial charge in [0.25, 0.3) is 0 Å². The molecule has 0 aromatic heterocycles. The Morgan fingerprint density at radius 3 is 1.46 bits per heavy atom. The Balaban J connectivity index is 0.000000310. The SMILES string of the molecule is Cc1cccc(C)c1C.OP(O)O. The lowest BCUT2D eigenvalue weighted by Crippen LogP contribution is -1.82. The summed E-state index contributed by atoms with van der Waals surface area (Å²) in [6, 6.07) is 6.38. The van der Waals surface area contributed by atoms with Gasteiger partial charge in [-0.15, -0.1) is 0 Å². The first-order valence-electron chi connectivity index (χ1n) is 3.84. The number of hydrogen-bond donors (Lipinski definition) is 3. The van der Waals surface area contributed by atoms with Crippen LogP contribution in [0.4, 0.5) is 0 Å². The van der Waals surface area contributed by atoms with E-state index in [1.165, 1.54) is 16.7 Å². The van der Waals surface area contributed by atoms with Gasteiger partial charge in [-0.2, -0.15) is 0 Å². The smallest absolute Gasteiger partial charge is 0.324 e. The van der Waals surface area contributed by atoms with Crippen LogP contribution in [0.25, 0.3) is 0 Å². The minimum atomic E-state index is -2.62. The second kappa shape index (κ2) is 6.06. The molecule has 3 nitrogen and oxygen atoms in total. The van der Waals surface area contributed by atoms with E-state index in [1.54, 1.807) is 0 Å². The topological polar surface area (TPSA) is 60.7 Å². The zero-order valence-corrected chi connectivity index (χ0v) is 8.92. The lowest BCUT2D eigenvalue weighted by molar-refractivity contribution is 0.368. The molecule has 0 saturated carbocycles. The fourth-order valence-corrected chi connectivity index (χ4v) is 0.898. The van der Waals surface area contributed by atoms with E-state index in [9.17, 15) is 0 Å². The maximum absolute atomic E-state index is 7.23. The molecule has 74 valence electrons. The van der Waals surface area contributed by atoms with Crippen molar-refractivity contribution in [1.82, 2.24) is 0 Å². The quantitative estimate of drug-likeness (QED) is 0.562. The van der Waals surface area contributed by atoms with E-state index < -0.39 is 8.60 Å². The zero-order valence-electron chi connectivity index (χ0n) is 8.02. The predicted octanol–water partition coefficient (Wildman–Crippen LogP) is 1.80. The molecule has 1 rings (SSSR count). The molecule has 0 aliphatic rings. The fourth-order valence-electron chi connectivity index (χ4n) is 0.898. The summed E-state index contributed by atoms with van der Waals surface area (Å²) in [5.41, 5.74) is 4.18. The highest BCUT2D eigenvalue weighted by molar-refractivity contribution is 7.38. The van der Waals surface area contributed by atoms with Gasteiger partial charge in [0, 0.05) is 0 Å². The van der Waals surface area contributed by atoms with Gasteiger partial charge in [0.15, 0.2) is 0 Å². The highest BCUT2D eigenvalue weighted by Gasteiger charge is 1.91. The summed E-state index contributed by atoms with van der Waals surface area (Å²) in [5, 5.41) is 0. The zero-order chi connectivity index (χ0) is 10.4. The van der Waals surface area contributed by atoms with Crippen molar-refractivity contribution in [3.8, 4) is 0 Å². The minimum Gasteiger partial charge on any atom is -0.328 e. The molecule has 3 N–H and O–H groups in total. The molecule has 0 aliphatic heterocycles. The van der Waals surface area contributed by atoms with Crippen LogP contribution >= 0.6 is 8.60 Å². The van der Waals surface area contributed by atoms with Gasteiger partial charge in [0.05, 0.1) is 0 Å². The Kier molecular flexibility index (Phi) is 5.84. The summed E-state index contributed by atoms with van der Waals surface area (Å²) in [4.78, 5) is 21.7. The van der Waals surface area contributed by atoms with Crippen molar-refractivity contribution in [2.45, 2.75) is 20.8 Å². The van der Waals surface area contributed by atoms with Crippen LogP contribution in [0.2, 0.25) is 0 Å². The second-order valence-corrected chi connectivity index (χ2v) is 3.32. The van der Waals surface area contributed by atoms with E-state index in [0.717, 1.165) is 0 Å². The molecule has 0 spiro atoms. The van der Waals surface area contributed by atoms with E-state index in [4.69, 9.17) is 14.7 Å². The molecule has 0 saturated heterocycles. The van der Waals surface area contributed by atoms with Crippen molar-refractivity contribution in [2.24, 2.45) is 0 Å². The van der Waals surface area contributed by atoms with Crippen LogP contribution in [0.15, 0.2) is 18.2 Å². The van der Waals surface area contributed by atoms with Crippen LogP contribution in [0, 0.1) is 20.8 Å². The molecule has 4 heteroatoms. The average molecular weight is 202 g/mol. The normalized spacial score (nSPS) is 9.46. The van der Waals surface area contributed by atoms with Crippen molar-refractivity contribution in [3.63, 3.8) is 0 Å². The molecule has 0 amide bonds. The average Bonchev–Trinajstić information content (AvgIpc) is 1.99. The molecule has 13 heavy (non-hydrogen) atoms. The standard InChI is InChI=1S/C9H12.H3O3P/c1-7-5-4-6-8(2)9(7)3;1-4(2)3/h4-6H,1-3H3;1-3H. The maximum atomic E-state index is 7.23. The van der Waals surface area contributed by atoms with Crippen molar-refractivity contribution in [2.75, 3.05) is 0 Å². The molecule has 0 fully saturated rings. The van der Waals surface area contributed by atoms with Crippen molar-refractivity contribution >= 4 is 8.60 Å². The highest BCUT2D eigenvalue weighted by Crippen LogP contribution is 2.11. The fraction of sp³-hybridized carbons (Fsp3) is 0.333. The van der Waals surface area contributed by atoms with E-state index in [2.05, 4.69) is 39.0 Å². The first-order valence-corrected chi connectivity index (χ1v) is 5.04. The van der Waals surface area contributed by atoms with Gasteiger partial charge in [-0.1, -0.05) is 18.2 Å². The van der Waals surface area contributed by atoms with Gasteiger partial charge in [-0.05, 0) is 37.5 Å². The van der Waals surface area contributed by atoms with Gasteiger partial charge in [0.1, 0.15) is 0 Å². The first-order chi connectivity index (χ1) is 5.95. The first kappa shape index (κ1) is 12.5. The Labute approximate surface area is 79.7 Å². The van der Waals surface area contributed by atoms with Gasteiger partial charge in [0.2, 0.25) is 0 Å². The third-order valence-corrected chi connectivity index (χ3v) is 1.88. The number of hydrogen-bond acceptors (Lipinski definition) is 3. The van der Waals surface area contributed by atoms with E-state index in [1.807, 2.05) is 0 Å². The molecule has 1 aromatic carbocycles. The Morgan fingerprint density at radius 2 is 1.23 bits per heavy atom. The van der Waals surface area contributed by atoms with Crippen LogP contribution in [-0.2, 0) is 0 Å². The molecule has 1 aromatic rings. The van der Waals surface area contributed by atoms with Crippen LogP contribution < -0.4 is 0 Å². The molecule has 0 aliphatic carbocycles. The molecule has 0 heterocycles. The highest BCUT2D eigenvalue weighted by atomic mass is 31.2. The van der Waals surface area contributed by atoms with E-state index >= 15 is 0 Å². The van der Waals surface area contributed by atoms with E-state index in [-0.39, 0.29) is 0 Å². The third-order valence-electron chi connectivity index (χ3n) is 1.88. The van der Waals surface area contributed by atoms with Crippen LogP contribution in [0.3, 0.4) is 0 Å². The Morgan fingerprint density at radius 1 is 0.923 bits per heavy atom. The lowest BCUT2D eigenvalue weighted by Gasteiger charge is -2.00. The maximum Gasteiger partial charge on any atom is 0.324 e. The van der Waals surface area contributed by atoms with Crippen LogP contribution in [-0.4, -0.2) is 14.7 Å². The van der Waals surface area contributed by atoms with Crippen molar-refractivity contribution in [3.05, 3.63) is 34.9 Å². The monoisotopic (exact) mass is 202 g/mol. The van der Waals surface area contributed by atoms with Crippen LogP contribution in [0.5, 0.6) is 0 Å². The van der Waals surface area contributed by atoms with Crippen molar-refractivity contribution < 1.29 is 14.7 Å². The lowest BCUT2D eigenvalue weighted by atomic mass is 10.1. The molecule has 0 unspecified atom stereocenters. The molecule has 0 radical (unpaired) electrons. The molecule has 0 atom stereocenters. The third kappa shape index (κ3) is 5.72. The van der Waals surface area contributed by atoms with Gasteiger partial charge in [-0.3, -0.25) is 0 Å². The summed E-state index contributed by atoms with van der Waals surface area (Å²) in [6.45, 7) is 6.44. The second-order valence-electron chi connectivity index (χ2n) is 2.79. The number of aryl methyl sites for hydroxylation is 2. The summed E-state index contributed by atoms with van der Waals surface area (Å²) in [7, 11) is -2.62. The number of rotatable bonds is 0. The van der Waals surface area contributed by atoms with Gasteiger partial charge in [-0.25, -0.2) is 0 Å². The van der Waals surface area contributed by atoms with Crippen LogP contribution in [0.1, 0.15) is 16.7 Å². The van der Waals surface area contributed by atoms with Crippen molar-refractivity contribution in [1.29, 1.82) is 0 Å². The summed E-state index contributed by atoms with van der Waals surface area (Å²) in [5.74, 6) is 0. The Bertz CT molecular complexity index is 238. The molecule has 0 bridgehead atoms. The largest absolute Gasteiger partial charge is 0.328 e. The van der Waals surface area contributed by atoms with Gasteiger partial charge >= 0.3 is 8.60 Å².